The Morgan fingerprint density at radius 2 is 0.474 bits per heavy atom. The Labute approximate surface area is 594 Å². The van der Waals surface area contributed by atoms with Gasteiger partial charge in [-0.15, -0.1) is 0 Å². The van der Waals surface area contributed by atoms with E-state index in [1.165, 1.54) is 225 Å². The number of phosphoric acid groups is 2. The van der Waals surface area contributed by atoms with Gasteiger partial charge < -0.3 is 33.8 Å². The summed E-state index contributed by atoms with van der Waals surface area (Å²) in [6.45, 7) is 9.65. The Morgan fingerprint density at radius 3 is 0.701 bits per heavy atom. The third-order valence-electron chi connectivity index (χ3n) is 18.2. The number of aliphatic hydroxyl groups is 1. The van der Waals surface area contributed by atoms with E-state index in [-0.39, 0.29) is 25.7 Å². The van der Waals surface area contributed by atoms with Gasteiger partial charge in [-0.3, -0.25) is 37.3 Å². The minimum Gasteiger partial charge on any atom is -0.462 e. The van der Waals surface area contributed by atoms with Gasteiger partial charge in [-0.2, -0.15) is 0 Å². The molecule has 19 heteroatoms. The van der Waals surface area contributed by atoms with E-state index in [1.807, 2.05) is 0 Å². The smallest absolute Gasteiger partial charge is 0.462 e. The molecule has 0 aromatic carbocycles. The fraction of sp³-hybridized carbons (Fsp3) is 0.949. The minimum absolute atomic E-state index is 0.108. The summed E-state index contributed by atoms with van der Waals surface area (Å²) in [7, 11) is -9.91. The molecule has 0 radical (unpaired) electrons. The first-order chi connectivity index (χ1) is 46.9. The molecule has 17 nitrogen and oxygen atoms in total. The standard InChI is InChI=1S/C78H152O17P2/c1-7-9-11-13-15-17-18-19-26-32-38-44-50-56-62-77(82)94-73(66-88-75(80)60-54-48-42-34-16-14-12-10-8-2)68-92-96(84,85)90-64-72(79)65-91-97(86,87)93-69-74(67-89-76(81)61-55-49-43-37-31-28-23-25-30-36-41-47-53-59-71(5)6)95-78(83)63-57-51-45-39-33-27-22-20-21-24-29-35-40-46-52-58-70(3)4/h70-74,79H,7-69H2,1-6H3,(H,84,85)(H,86,87)/t72-,73+,74+/m0/s1. The highest BCUT2D eigenvalue weighted by Gasteiger charge is 2.30. The number of hydrogen-bond donors (Lipinski definition) is 3. The summed E-state index contributed by atoms with van der Waals surface area (Å²) in [5, 5.41) is 10.6. The van der Waals surface area contributed by atoms with E-state index in [2.05, 4.69) is 41.5 Å². The summed E-state index contributed by atoms with van der Waals surface area (Å²) < 4.78 is 68.6. The number of rotatable bonds is 77. The summed E-state index contributed by atoms with van der Waals surface area (Å²) in [6.07, 6.45) is 58.2. The molecule has 2 unspecified atom stereocenters. The highest BCUT2D eigenvalue weighted by atomic mass is 31.2. The van der Waals surface area contributed by atoms with Crippen LogP contribution in [0.25, 0.3) is 0 Å². The van der Waals surface area contributed by atoms with Gasteiger partial charge >= 0.3 is 39.5 Å². The number of unbranched alkanes of at least 4 members (excludes halogenated alkanes) is 47. The zero-order valence-corrected chi connectivity index (χ0v) is 65.2. The van der Waals surface area contributed by atoms with Gasteiger partial charge in [-0.25, -0.2) is 9.13 Å². The minimum atomic E-state index is -4.96. The quantitative estimate of drug-likeness (QED) is 0.0222. The van der Waals surface area contributed by atoms with E-state index in [1.54, 1.807) is 0 Å². The molecule has 0 spiro atoms. The highest BCUT2D eigenvalue weighted by Crippen LogP contribution is 2.45. The van der Waals surface area contributed by atoms with Crippen molar-refractivity contribution >= 4 is 39.5 Å². The van der Waals surface area contributed by atoms with Crippen molar-refractivity contribution < 1.29 is 80.2 Å². The second-order valence-electron chi connectivity index (χ2n) is 29.1. The van der Waals surface area contributed by atoms with Crippen LogP contribution in [-0.2, 0) is 65.4 Å². The summed E-state index contributed by atoms with van der Waals surface area (Å²) in [5.74, 6) is -0.518. The topological polar surface area (TPSA) is 237 Å². The number of carbonyl (C=O) groups is 4. The normalized spacial score (nSPS) is 14.0. The zero-order chi connectivity index (χ0) is 71.4. The molecule has 576 valence electrons. The SMILES string of the molecule is CCCCCCCCCCCCCCCCC(=O)O[C@H](COC(=O)CCCCCCCCCCC)COP(=O)(O)OC[C@H](O)COP(=O)(O)OC[C@@H](COC(=O)CCCCCCCCCCCCCCCC(C)C)OC(=O)CCCCCCCCCCCCCCCCCC(C)C. The highest BCUT2D eigenvalue weighted by molar-refractivity contribution is 7.47. The fourth-order valence-electron chi connectivity index (χ4n) is 12.0. The molecule has 0 saturated heterocycles. The van der Waals surface area contributed by atoms with Gasteiger partial charge in [-0.05, 0) is 37.5 Å². The van der Waals surface area contributed by atoms with Crippen molar-refractivity contribution in [2.75, 3.05) is 39.6 Å². The molecule has 0 bridgehead atoms. The monoisotopic (exact) mass is 1420 g/mol. The average molecular weight is 1420 g/mol. The number of hydrogen-bond acceptors (Lipinski definition) is 15. The maximum Gasteiger partial charge on any atom is 0.472 e. The number of phosphoric ester groups is 2. The number of esters is 4. The molecule has 0 amide bonds. The number of ether oxygens (including phenoxy) is 4. The van der Waals surface area contributed by atoms with Crippen molar-refractivity contribution in [2.24, 2.45) is 11.8 Å². The lowest BCUT2D eigenvalue weighted by atomic mass is 10.0. The maximum atomic E-state index is 13.1. The summed E-state index contributed by atoms with van der Waals surface area (Å²) in [6, 6.07) is 0. The molecular formula is C78H152O17P2. The average Bonchev–Trinajstić information content (AvgIpc) is 3.19. The Hall–Kier alpha value is -1.94. The van der Waals surface area contributed by atoms with E-state index in [0.29, 0.717) is 25.7 Å². The fourth-order valence-corrected chi connectivity index (χ4v) is 13.6. The lowest BCUT2D eigenvalue weighted by molar-refractivity contribution is -0.161. The zero-order valence-electron chi connectivity index (χ0n) is 63.4. The Balaban J connectivity index is 5.23. The third kappa shape index (κ3) is 72.2. The van der Waals surface area contributed by atoms with E-state index in [0.717, 1.165) is 102 Å². The van der Waals surface area contributed by atoms with Gasteiger partial charge in [-0.1, -0.05) is 356 Å². The van der Waals surface area contributed by atoms with Gasteiger partial charge in [0.1, 0.15) is 19.3 Å². The number of carbonyl (C=O) groups excluding carboxylic acids is 4. The Kier molecular flexibility index (Phi) is 68.4. The molecule has 0 rings (SSSR count). The van der Waals surface area contributed by atoms with Crippen LogP contribution in [0, 0.1) is 11.8 Å². The van der Waals surface area contributed by atoms with Gasteiger partial charge in [0.25, 0.3) is 0 Å². The molecule has 0 aliphatic carbocycles. The van der Waals surface area contributed by atoms with Gasteiger partial charge in [0.05, 0.1) is 26.4 Å². The van der Waals surface area contributed by atoms with Crippen molar-refractivity contribution in [1.82, 2.24) is 0 Å². The van der Waals surface area contributed by atoms with Crippen LogP contribution in [0.3, 0.4) is 0 Å². The first-order valence-corrected chi connectivity index (χ1v) is 43.5. The Morgan fingerprint density at radius 1 is 0.278 bits per heavy atom. The van der Waals surface area contributed by atoms with E-state index in [9.17, 15) is 43.2 Å². The molecule has 0 aliphatic heterocycles. The van der Waals surface area contributed by atoms with Crippen LogP contribution in [0.2, 0.25) is 0 Å². The van der Waals surface area contributed by atoms with Crippen LogP contribution in [0.15, 0.2) is 0 Å². The van der Waals surface area contributed by atoms with E-state index in [4.69, 9.17) is 37.0 Å². The maximum absolute atomic E-state index is 13.1. The van der Waals surface area contributed by atoms with Crippen molar-refractivity contribution in [1.29, 1.82) is 0 Å². The second kappa shape index (κ2) is 69.8. The molecule has 0 aliphatic rings. The van der Waals surface area contributed by atoms with E-state index >= 15 is 0 Å². The van der Waals surface area contributed by atoms with Crippen molar-refractivity contribution in [3.05, 3.63) is 0 Å². The molecule has 5 atom stereocenters. The first-order valence-electron chi connectivity index (χ1n) is 40.5. The van der Waals surface area contributed by atoms with Gasteiger partial charge in [0.2, 0.25) is 0 Å². The van der Waals surface area contributed by atoms with Crippen molar-refractivity contribution in [3.63, 3.8) is 0 Å². The second-order valence-corrected chi connectivity index (χ2v) is 32.0. The molecule has 3 N–H and O–H groups in total. The molecule has 97 heavy (non-hydrogen) atoms. The predicted molar refractivity (Wildman–Crippen MR) is 395 cm³/mol. The van der Waals surface area contributed by atoms with Crippen LogP contribution < -0.4 is 0 Å². The van der Waals surface area contributed by atoms with Gasteiger partial charge in [0, 0.05) is 25.7 Å². The van der Waals surface area contributed by atoms with Crippen LogP contribution >= 0.6 is 15.6 Å². The predicted octanol–water partition coefficient (Wildman–Crippen LogP) is 23.1. The molecule has 0 heterocycles. The molecule has 0 saturated carbocycles. The van der Waals surface area contributed by atoms with Gasteiger partial charge in [0.15, 0.2) is 12.2 Å². The molecule has 0 fully saturated rings. The number of aliphatic hydroxyl groups excluding tert-OH is 1. The molecule has 0 aromatic heterocycles. The lowest BCUT2D eigenvalue weighted by Gasteiger charge is -2.21. The third-order valence-corrected chi connectivity index (χ3v) is 20.1. The summed E-state index contributed by atoms with van der Waals surface area (Å²) in [5.41, 5.74) is 0. The Bertz CT molecular complexity index is 1870. The molecular weight excluding hydrogens is 1270 g/mol. The summed E-state index contributed by atoms with van der Waals surface area (Å²) >= 11 is 0. The summed E-state index contributed by atoms with van der Waals surface area (Å²) in [4.78, 5) is 72.9. The van der Waals surface area contributed by atoms with Crippen LogP contribution in [-0.4, -0.2) is 96.7 Å². The van der Waals surface area contributed by atoms with E-state index < -0.39 is 97.5 Å². The van der Waals surface area contributed by atoms with Crippen LogP contribution in [0.4, 0.5) is 0 Å². The van der Waals surface area contributed by atoms with Crippen LogP contribution in [0.1, 0.15) is 408 Å². The van der Waals surface area contributed by atoms with Crippen molar-refractivity contribution in [2.45, 2.75) is 426 Å². The molecule has 0 aromatic rings. The van der Waals surface area contributed by atoms with Crippen molar-refractivity contribution in [3.8, 4) is 0 Å². The lowest BCUT2D eigenvalue weighted by Crippen LogP contribution is -2.30. The van der Waals surface area contributed by atoms with Crippen LogP contribution in [0.5, 0.6) is 0 Å². The largest absolute Gasteiger partial charge is 0.472 e. The first kappa shape index (κ1) is 95.1.